The number of thiophene rings is 1. The predicted molar refractivity (Wildman–Crippen MR) is 66.2 cm³/mol. The molecule has 1 atom stereocenters. The summed E-state index contributed by atoms with van der Waals surface area (Å²) in [5.41, 5.74) is 1.45. The van der Waals surface area contributed by atoms with Crippen molar-refractivity contribution in [2.75, 3.05) is 5.75 Å². The Morgan fingerprint density at radius 2 is 2.27 bits per heavy atom. The maximum atomic E-state index is 12.1. The fourth-order valence-electron chi connectivity index (χ4n) is 2.39. The van der Waals surface area contributed by atoms with Gasteiger partial charge in [0.25, 0.3) is 0 Å². The van der Waals surface area contributed by atoms with Gasteiger partial charge in [-0.3, -0.25) is 4.79 Å². The van der Waals surface area contributed by atoms with Gasteiger partial charge < -0.3 is 0 Å². The van der Waals surface area contributed by atoms with Crippen LogP contribution in [0.3, 0.4) is 0 Å². The van der Waals surface area contributed by atoms with E-state index in [2.05, 4.69) is 6.07 Å². The number of carbonyl (C=O) groups excluding carboxylic acids is 1. The molecule has 3 rings (SSSR count). The van der Waals surface area contributed by atoms with Crippen LogP contribution in [0.5, 0.6) is 0 Å². The molecule has 0 amide bonds. The summed E-state index contributed by atoms with van der Waals surface area (Å²) in [5.74, 6) is 1.57. The molecule has 80 valence electrons. The van der Waals surface area contributed by atoms with Crippen LogP contribution in [0, 0.1) is 0 Å². The van der Waals surface area contributed by atoms with Gasteiger partial charge in [0.15, 0.2) is 5.78 Å². The lowest BCUT2D eigenvalue weighted by Crippen LogP contribution is -2.12. The van der Waals surface area contributed by atoms with E-state index < -0.39 is 0 Å². The second-order valence-corrected chi connectivity index (χ2v) is 6.73. The third kappa shape index (κ3) is 1.76. The highest BCUT2D eigenvalue weighted by molar-refractivity contribution is 8.00. The molecule has 0 radical (unpaired) electrons. The van der Waals surface area contributed by atoms with Crippen molar-refractivity contribution < 1.29 is 4.79 Å². The highest BCUT2D eigenvalue weighted by Crippen LogP contribution is 2.35. The SMILES string of the molecule is O=C(c1cc2c(s1)CCC2)C1CCCS1. The number of thioether (sulfide) groups is 1. The summed E-state index contributed by atoms with van der Waals surface area (Å²) in [5, 5.41) is 0.267. The van der Waals surface area contributed by atoms with Crippen molar-refractivity contribution >= 4 is 28.9 Å². The van der Waals surface area contributed by atoms with E-state index in [1.165, 1.54) is 41.9 Å². The smallest absolute Gasteiger partial charge is 0.185 e. The fourth-order valence-corrected chi connectivity index (χ4v) is 4.95. The number of carbonyl (C=O) groups is 1. The minimum absolute atomic E-state index is 0.267. The van der Waals surface area contributed by atoms with Gasteiger partial charge in [-0.05, 0) is 49.5 Å². The zero-order valence-electron chi connectivity index (χ0n) is 8.62. The minimum Gasteiger partial charge on any atom is -0.292 e. The van der Waals surface area contributed by atoms with Gasteiger partial charge in [0.05, 0.1) is 10.1 Å². The normalized spacial score (nSPS) is 24.4. The van der Waals surface area contributed by atoms with Gasteiger partial charge in [0.2, 0.25) is 0 Å². The first-order valence-corrected chi connectivity index (χ1v) is 7.48. The van der Waals surface area contributed by atoms with Crippen molar-refractivity contribution in [2.45, 2.75) is 37.4 Å². The zero-order valence-corrected chi connectivity index (χ0v) is 10.3. The molecule has 0 spiro atoms. The number of hydrogen-bond donors (Lipinski definition) is 0. The van der Waals surface area contributed by atoms with Gasteiger partial charge in [-0.15, -0.1) is 11.3 Å². The van der Waals surface area contributed by atoms with Crippen LogP contribution in [0.4, 0.5) is 0 Å². The van der Waals surface area contributed by atoms with Crippen molar-refractivity contribution in [1.29, 1.82) is 0 Å². The van der Waals surface area contributed by atoms with Crippen molar-refractivity contribution in [1.82, 2.24) is 0 Å². The van der Waals surface area contributed by atoms with Crippen LogP contribution >= 0.6 is 23.1 Å². The van der Waals surface area contributed by atoms with Gasteiger partial charge in [0.1, 0.15) is 0 Å². The van der Waals surface area contributed by atoms with E-state index in [4.69, 9.17) is 0 Å². The number of fused-ring (bicyclic) bond motifs is 1. The summed E-state index contributed by atoms with van der Waals surface area (Å²) < 4.78 is 0. The minimum atomic E-state index is 0.267. The lowest BCUT2D eigenvalue weighted by molar-refractivity contribution is 0.0992. The van der Waals surface area contributed by atoms with Gasteiger partial charge >= 0.3 is 0 Å². The highest BCUT2D eigenvalue weighted by Gasteiger charge is 2.27. The lowest BCUT2D eigenvalue weighted by atomic mass is 10.1. The number of ketones is 1. The van der Waals surface area contributed by atoms with Crippen molar-refractivity contribution in [3.8, 4) is 0 Å². The first kappa shape index (κ1) is 9.91. The fraction of sp³-hybridized carbons (Fsp3) is 0.583. The summed E-state index contributed by atoms with van der Waals surface area (Å²) >= 11 is 3.60. The Bertz CT molecular complexity index is 367. The largest absolute Gasteiger partial charge is 0.292 e. The second kappa shape index (κ2) is 3.95. The Hall–Kier alpha value is -0.280. The standard InChI is InChI=1S/C12H14OS2/c13-12(10-5-2-6-14-10)11-7-8-3-1-4-9(8)15-11/h7,10H,1-6H2. The molecule has 15 heavy (non-hydrogen) atoms. The Labute approximate surface area is 98.3 Å². The van der Waals surface area contributed by atoms with Crippen LogP contribution < -0.4 is 0 Å². The Morgan fingerprint density at radius 1 is 1.33 bits per heavy atom. The molecule has 2 heterocycles. The van der Waals surface area contributed by atoms with Gasteiger partial charge in [-0.25, -0.2) is 0 Å². The topological polar surface area (TPSA) is 17.1 Å². The number of aryl methyl sites for hydroxylation is 2. The number of rotatable bonds is 2. The zero-order chi connectivity index (χ0) is 10.3. The molecular weight excluding hydrogens is 224 g/mol. The van der Waals surface area contributed by atoms with Crippen LogP contribution in [-0.4, -0.2) is 16.8 Å². The van der Waals surface area contributed by atoms with E-state index in [9.17, 15) is 4.79 Å². The maximum Gasteiger partial charge on any atom is 0.185 e. The van der Waals surface area contributed by atoms with E-state index >= 15 is 0 Å². The second-order valence-electron chi connectivity index (χ2n) is 4.28. The Kier molecular flexibility index (Phi) is 2.61. The van der Waals surface area contributed by atoms with Crippen LogP contribution in [0.2, 0.25) is 0 Å². The van der Waals surface area contributed by atoms with Crippen molar-refractivity contribution in [3.63, 3.8) is 0 Å². The first-order chi connectivity index (χ1) is 7.34. The molecule has 1 aromatic heterocycles. The van der Waals surface area contributed by atoms with Crippen molar-refractivity contribution in [3.05, 3.63) is 21.4 Å². The quantitative estimate of drug-likeness (QED) is 0.735. The van der Waals surface area contributed by atoms with Crippen LogP contribution in [0.25, 0.3) is 0 Å². The van der Waals surface area contributed by atoms with Gasteiger partial charge in [0, 0.05) is 4.88 Å². The summed E-state index contributed by atoms with van der Waals surface area (Å²) in [4.78, 5) is 14.6. The van der Waals surface area contributed by atoms with Crippen LogP contribution in [-0.2, 0) is 12.8 Å². The molecule has 1 fully saturated rings. The van der Waals surface area contributed by atoms with Crippen molar-refractivity contribution in [2.24, 2.45) is 0 Å². The van der Waals surface area contributed by atoms with E-state index in [1.54, 1.807) is 11.3 Å². The van der Waals surface area contributed by atoms with E-state index in [-0.39, 0.29) is 5.25 Å². The third-order valence-corrected chi connectivity index (χ3v) is 5.84. The van der Waals surface area contributed by atoms with Crippen LogP contribution in [0.1, 0.15) is 39.4 Å². The Morgan fingerprint density at radius 3 is 3.00 bits per heavy atom. The molecule has 0 N–H and O–H groups in total. The molecule has 2 aliphatic rings. The highest BCUT2D eigenvalue weighted by atomic mass is 32.2. The number of Topliss-reactive ketones (excluding diaryl/α,β-unsaturated/α-hetero) is 1. The van der Waals surface area contributed by atoms with Crippen LogP contribution in [0.15, 0.2) is 6.07 Å². The molecule has 3 heteroatoms. The summed E-state index contributed by atoms with van der Waals surface area (Å²) in [6, 6.07) is 2.16. The molecule has 1 saturated heterocycles. The summed E-state index contributed by atoms with van der Waals surface area (Å²) in [6.07, 6.45) is 5.98. The molecule has 1 aromatic rings. The van der Waals surface area contributed by atoms with Gasteiger partial charge in [-0.2, -0.15) is 11.8 Å². The molecule has 0 saturated carbocycles. The monoisotopic (exact) mass is 238 g/mol. The molecular formula is C12H14OS2. The average molecular weight is 238 g/mol. The summed E-state index contributed by atoms with van der Waals surface area (Å²) in [6.45, 7) is 0. The molecule has 1 nitrogen and oxygen atoms in total. The third-order valence-electron chi connectivity index (χ3n) is 3.21. The molecule has 1 unspecified atom stereocenters. The molecule has 1 aliphatic carbocycles. The number of hydrogen-bond acceptors (Lipinski definition) is 3. The van der Waals surface area contributed by atoms with E-state index in [0.29, 0.717) is 5.78 Å². The first-order valence-electron chi connectivity index (χ1n) is 5.62. The van der Waals surface area contributed by atoms with Gasteiger partial charge in [-0.1, -0.05) is 0 Å². The summed E-state index contributed by atoms with van der Waals surface area (Å²) in [7, 11) is 0. The molecule has 1 aliphatic heterocycles. The maximum absolute atomic E-state index is 12.1. The molecule has 0 aromatic carbocycles. The van der Waals surface area contributed by atoms with E-state index in [0.717, 1.165) is 11.3 Å². The lowest BCUT2D eigenvalue weighted by Gasteiger charge is -2.04. The van der Waals surface area contributed by atoms with E-state index in [1.807, 2.05) is 11.8 Å². The Balaban J connectivity index is 1.83. The predicted octanol–water partition coefficient (Wildman–Crippen LogP) is 3.32. The molecule has 0 bridgehead atoms. The average Bonchev–Trinajstić information content (AvgIpc) is 2.92.